The highest BCUT2D eigenvalue weighted by Gasteiger charge is 2.34. The van der Waals surface area contributed by atoms with Gasteiger partial charge in [0.05, 0.1) is 0 Å². The molecule has 1 atom stereocenters. The van der Waals surface area contributed by atoms with Gasteiger partial charge in [0.25, 0.3) is 0 Å². The van der Waals surface area contributed by atoms with Crippen LogP contribution in [0.5, 0.6) is 11.5 Å². The molecule has 1 saturated heterocycles. The number of benzene rings is 1. The number of carbonyl (C=O) groups excluding carboxylic acids is 2. The summed E-state index contributed by atoms with van der Waals surface area (Å²) in [4.78, 5) is 26.8. The van der Waals surface area contributed by atoms with E-state index in [4.69, 9.17) is 9.47 Å². The van der Waals surface area contributed by atoms with Crippen LogP contribution in [0.1, 0.15) is 33.1 Å². The second-order valence-electron chi connectivity index (χ2n) is 7.31. The molecule has 1 N–H and O–H groups in total. The summed E-state index contributed by atoms with van der Waals surface area (Å²) in [5.74, 6) is 1.47. The molecule has 0 spiro atoms. The number of fused-ring (bicyclic) bond motifs is 1. The Hall–Kier alpha value is -2.68. The molecule has 4 rings (SSSR count). The summed E-state index contributed by atoms with van der Waals surface area (Å²) in [6, 6.07) is 5.11. The molecular formula is C19H22N4O4S. The summed E-state index contributed by atoms with van der Waals surface area (Å²) in [7, 11) is 0. The van der Waals surface area contributed by atoms with Crippen LogP contribution in [-0.4, -0.2) is 46.3 Å². The Balaban J connectivity index is 1.43. The molecular weight excluding hydrogens is 380 g/mol. The first-order valence-electron chi connectivity index (χ1n) is 9.35. The number of likely N-dealkylation sites (tertiary alicyclic amines) is 1. The Labute approximate surface area is 166 Å². The largest absolute Gasteiger partial charge is 0.454 e. The Morgan fingerprint density at radius 1 is 1.29 bits per heavy atom. The zero-order valence-electron chi connectivity index (χ0n) is 15.8. The van der Waals surface area contributed by atoms with Crippen LogP contribution < -0.4 is 14.8 Å². The van der Waals surface area contributed by atoms with E-state index in [-0.39, 0.29) is 24.5 Å². The van der Waals surface area contributed by atoms with Gasteiger partial charge in [-0.25, -0.2) is 0 Å². The van der Waals surface area contributed by atoms with Crippen LogP contribution in [0.2, 0.25) is 0 Å². The van der Waals surface area contributed by atoms with Crippen molar-refractivity contribution in [2.75, 3.05) is 18.7 Å². The van der Waals surface area contributed by atoms with Crippen molar-refractivity contribution >= 4 is 28.3 Å². The van der Waals surface area contributed by atoms with E-state index in [1.165, 1.54) is 11.3 Å². The smallest absolute Gasteiger partial charge is 0.249 e. The first kappa shape index (κ1) is 18.7. The topological polar surface area (TPSA) is 93.7 Å². The zero-order valence-corrected chi connectivity index (χ0v) is 16.6. The molecule has 2 aliphatic rings. The number of hydrogen-bond acceptors (Lipinski definition) is 7. The maximum absolute atomic E-state index is 12.7. The number of nitrogens with zero attached hydrogens (tertiary/aromatic N) is 3. The Morgan fingerprint density at radius 2 is 2.11 bits per heavy atom. The van der Waals surface area contributed by atoms with Crippen molar-refractivity contribution in [2.45, 2.75) is 39.2 Å². The van der Waals surface area contributed by atoms with Crippen molar-refractivity contribution in [3.8, 4) is 22.1 Å². The highest BCUT2D eigenvalue weighted by Crippen LogP contribution is 2.37. The van der Waals surface area contributed by atoms with Gasteiger partial charge in [0.1, 0.15) is 11.0 Å². The Kier molecular flexibility index (Phi) is 5.17. The molecule has 9 heteroatoms. The van der Waals surface area contributed by atoms with Crippen LogP contribution in [0, 0.1) is 5.92 Å². The Morgan fingerprint density at radius 3 is 2.93 bits per heavy atom. The lowest BCUT2D eigenvalue weighted by molar-refractivity contribution is -0.137. The molecule has 1 aromatic heterocycles. The minimum Gasteiger partial charge on any atom is -0.454 e. The van der Waals surface area contributed by atoms with Crippen molar-refractivity contribution in [2.24, 2.45) is 5.92 Å². The van der Waals surface area contributed by atoms with E-state index in [0.29, 0.717) is 41.0 Å². The molecule has 0 saturated carbocycles. The fourth-order valence-corrected chi connectivity index (χ4v) is 4.16. The molecule has 28 heavy (non-hydrogen) atoms. The van der Waals surface area contributed by atoms with E-state index in [1.807, 2.05) is 32.0 Å². The molecule has 8 nitrogen and oxygen atoms in total. The first-order chi connectivity index (χ1) is 13.5. The van der Waals surface area contributed by atoms with Gasteiger partial charge in [-0.1, -0.05) is 25.2 Å². The van der Waals surface area contributed by atoms with Gasteiger partial charge in [-0.2, -0.15) is 0 Å². The van der Waals surface area contributed by atoms with Gasteiger partial charge in [-0.3, -0.25) is 14.9 Å². The van der Waals surface area contributed by atoms with Crippen LogP contribution in [-0.2, 0) is 9.59 Å². The number of ether oxygens (including phenoxy) is 2. The third kappa shape index (κ3) is 3.80. The van der Waals surface area contributed by atoms with E-state index < -0.39 is 6.04 Å². The molecule has 0 bridgehead atoms. The average molecular weight is 402 g/mol. The fraction of sp³-hybridized carbons (Fsp3) is 0.474. The quantitative estimate of drug-likeness (QED) is 0.827. The lowest BCUT2D eigenvalue weighted by Crippen LogP contribution is -2.43. The standard InChI is InChI=1S/C19H22N4O4S/c1-11(2)8-16(24)23-7-3-4-13(23)17(25)20-19-22-21-18(28-19)12-5-6-14-15(9-12)27-10-26-14/h5-6,9,11,13H,3-4,7-8,10H2,1-2H3,(H,20,22,25). The summed E-state index contributed by atoms with van der Waals surface area (Å²) in [5.41, 5.74) is 0.844. The molecule has 2 aliphatic heterocycles. The number of carbonyl (C=O) groups is 2. The predicted octanol–water partition coefficient (Wildman–Crippen LogP) is 2.91. The van der Waals surface area contributed by atoms with Gasteiger partial charge in [0, 0.05) is 18.5 Å². The van der Waals surface area contributed by atoms with Gasteiger partial charge in [-0.05, 0) is 37.0 Å². The van der Waals surface area contributed by atoms with Crippen molar-refractivity contribution in [3.05, 3.63) is 18.2 Å². The molecule has 2 amide bonds. The highest BCUT2D eigenvalue weighted by atomic mass is 32.1. The van der Waals surface area contributed by atoms with Gasteiger partial charge >= 0.3 is 0 Å². The molecule has 1 aromatic carbocycles. The zero-order chi connectivity index (χ0) is 19.7. The Bertz CT molecular complexity index is 898. The maximum Gasteiger partial charge on any atom is 0.249 e. The maximum atomic E-state index is 12.7. The lowest BCUT2D eigenvalue weighted by atomic mass is 10.1. The summed E-state index contributed by atoms with van der Waals surface area (Å²) < 4.78 is 10.7. The minimum absolute atomic E-state index is 0.0333. The van der Waals surface area contributed by atoms with Crippen molar-refractivity contribution in [3.63, 3.8) is 0 Å². The second-order valence-corrected chi connectivity index (χ2v) is 8.29. The number of rotatable bonds is 5. The SMILES string of the molecule is CC(C)CC(=O)N1CCCC1C(=O)Nc1nnc(-c2ccc3c(c2)OCO3)s1. The predicted molar refractivity (Wildman–Crippen MR) is 104 cm³/mol. The summed E-state index contributed by atoms with van der Waals surface area (Å²) in [5, 5.41) is 12.2. The number of nitrogens with one attached hydrogen (secondary N) is 1. The van der Waals surface area contributed by atoms with Crippen molar-refractivity contribution in [1.82, 2.24) is 15.1 Å². The fourth-order valence-electron chi connectivity index (χ4n) is 3.41. The molecule has 1 unspecified atom stereocenters. The number of aromatic nitrogens is 2. The average Bonchev–Trinajstić information content (AvgIpc) is 3.40. The highest BCUT2D eigenvalue weighted by molar-refractivity contribution is 7.18. The summed E-state index contributed by atoms with van der Waals surface area (Å²) in [6.07, 6.45) is 1.96. The summed E-state index contributed by atoms with van der Waals surface area (Å²) >= 11 is 1.28. The minimum atomic E-state index is -0.441. The van der Waals surface area contributed by atoms with Gasteiger partial charge in [-0.15, -0.1) is 10.2 Å². The van der Waals surface area contributed by atoms with Crippen LogP contribution in [0.15, 0.2) is 18.2 Å². The molecule has 0 aliphatic carbocycles. The molecule has 1 fully saturated rings. The molecule has 2 aromatic rings. The van der Waals surface area contributed by atoms with Gasteiger partial charge < -0.3 is 14.4 Å². The van der Waals surface area contributed by atoms with E-state index in [0.717, 1.165) is 12.0 Å². The summed E-state index contributed by atoms with van der Waals surface area (Å²) in [6.45, 7) is 4.84. The molecule has 3 heterocycles. The van der Waals surface area contributed by atoms with Crippen LogP contribution in [0.4, 0.5) is 5.13 Å². The van der Waals surface area contributed by atoms with E-state index in [2.05, 4.69) is 15.5 Å². The third-order valence-corrected chi connectivity index (χ3v) is 5.62. The second kappa shape index (κ2) is 7.75. The monoisotopic (exact) mass is 402 g/mol. The van der Waals surface area contributed by atoms with Crippen molar-refractivity contribution in [1.29, 1.82) is 0 Å². The van der Waals surface area contributed by atoms with E-state index in [9.17, 15) is 9.59 Å². The molecule has 148 valence electrons. The van der Waals surface area contributed by atoms with Gasteiger partial charge in [0.15, 0.2) is 11.5 Å². The van der Waals surface area contributed by atoms with Gasteiger partial charge in [0.2, 0.25) is 23.7 Å². The van der Waals surface area contributed by atoms with Crippen molar-refractivity contribution < 1.29 is 19.1 Å². The first-order valence-corrected chi connectivity index (χ1v) is 10.2. The van der Waals surface area contributed by atoms with E-state index in [1.54, 1.807) is 4.90 Å². The van der Waals surface area contributed by atoms with Crippen LogP contribution in [0.3, 0.4) is 0 Å². The normalized spacial score (nSPS) is 18.0. The number of hydrogen-bond donors (Lipinski definition) is 1. The van der Waals surface area contributed by atoms with Crippen LogP contribution >= 0.6 is 11.3 Å². The lowest BCUT2D eigenvalue weighted by Gasteiger charge is -2.24. The number of anilines is 1. The van der Waals surface area contributed by atoms with Crippen LogP contribution in [0.25, 0.3) is 10.6 Å². The molecule has 0 radical (unpaired) electrons. The third-order valence-electron chi connectivity index (χ3n) is 4.73. The van der Waals surface area contributed by atoms with E-state index >= 15 is 0 Å². The number of amides is 2.